The highest BCUT2D eigenvalue weighted by Crippen LogP contribution is 2.43. The summed E-state index contributed by atoms with van der Waals surface area (Å²) in [4.78, 5) is 14.5. The second-order valence-electron chi connectivity index (χ2n) is 7.56. The van der Waals surface area contributed by atoms with Crippen LogP contribution in [0.25, 0.3) is 10.4 Å². The highest BCUT2D eigenvalue weighted by molar-refractivity contribution is 7.20. The fraction of sp³-hybridized carbons (Fsp3) is 0.148. The monoisotopic (exact) mass is 493 g/mol. The number of carbonyl (C=O) groups excluding carboxylic acids is 1. The molecule has 174 valence electrons. The van der Waals surface area contributed by atoms with Crippen molar-refractivity contribution in [3.8, 4) is 27.7 Å². The molecule has 0 saturated heterocycles. The van der Waals surface area contributed by atoms with Crippen molar-refractivity contribution >= 4 is 33.7 Å². The van der Waals surface area contributed by atoms with Crippen LogP contribution >= 0.6 is 22.9 Å². The van der Waals surface area contributed by atoms with Gasteiger partial charge in [0, 0.05) is 15.5 Å². The van der Waals surface area contributed by atoms with E-state index in [1.165, 1.54) is 11.3 Å². The maximum atomic E-state index is 13.6. The summed E-state index contributed by atoms with van der Waals surface area (Å²) in [5, 5.41) is 1.04. The fourth-order valence-electron chi connectivity index (χ4n) is 3.91. The number of anilines is 1. The van der Waals surface area contributed by atoms with E-state index in [0.29, 0.717) is 44.8 Å². The molecule has 4 aromatic rings. The molecule has 0 aliphatic carbocycles. The summed E-state index contributed by atoms with van der Waals surface area (Å²) in [5.41, 5.74) is 10.2. The number of methoxy groups -OCH3 is 3. The molecule has 4 rings (SSSR count). The van der Waals surface area contributed by atoms with Crippen LogP contribution in [0.3, 0.4) is 0 Å². The predicted octanol–water partition coefficient (Wildman–Crippen LogP) is 6.50. The molecule has 7 heteroatoms. The Morgan fingerprint density at radius 1 is 0.912 bits per heavy atom. The summed E-state index contributed by atoms with van der Waals surface area (Å²) in [6, 6.07) is 20.5. The number of thiophene rings is 1. The number of rotatable bonds is 8. The van der Waals surface area contributed by atoms with Crippen LogP contribution in [0.4, 0.5) is 5.00 Å². The molecule has 1 aromatic heterocycles. The normalized spacial score (nSPS) is 10.7. The first-order chi connectivity index (χ1) is 16.5. The summed E-state index contributed by atoms with van der Waals surface area (Å²) >= 11 is 7.44. The summed E-state index contributed by atoms with van der Waals surface area (Å²) in [6.07, 6.45) is 0.448. The Morgan fingerprint density at radius 2 is 1.53 bits per heavy atom. The minimum atomic E-state index is -0.143. The third kappa shape index (κ3) is 4.60. The summed E-state index contributed by atoms with van der Waals surface area (Å²) < 4.78 is 16.5. The molecular formula is C27H24ClNO4S. The van der Waals surface area contributed by atoms with Gasteiger partial charge in [-0.3, -0.25) is 4.79 Å². The summed E-state index contributed by atoms with van der Waals surface area (Å²) in [6.45, 7) is 0. The van der Waals surface area contributed by atoms with E-state index in [1.54, 1.807) is 45.6 Å². The van der Waals surface area contributed by atoms with Gasteiger partial charge in [0.25, 0.3) is 0 Å². The van der Waals surface area contributed by atoms with E-state index in [4.69, 9.17) is 31.5 Å². The van der Waals surface area contributed by atoms with Gasteiger partial charge < -0.3 is 19.9 Å². The third-order valence-electron chi connectivity index (χ3n) is 5.51. The van der Waals surface area contributed by atoms with E-state index in [1.807, 2.05) is 42.5 Å². The predicted molar refractivity (Wildman–Crippen MR) is 138 cm³/mol. The van der Waals surface area contributed by atoms with Crippen LogP contribution < -0.4 is 19.9 Å². The maximum Gasteiger partial charge on any atom is 0.203 e. The Labute approximate surface area is 207 Å². The van der Waals surface area contributed by atoms with Crippen molar-refractivity contribution in [3.05, 3.63) is 94.0 Å². The third-order valence-corrected chi connectivity index (χ3v) is 6.87. The van der Waals surface area contributed by atoms with Crippen molar-refractivity contribution in [2.24, 2.45) is 0 Å². The first kappa shape index (κ1) is 23.7. The average Bonchev–Trinajstić information content (AvgIpc) is 3.19. The van der Waals surface area contributed by atoms with E-state index >= 15 is 0 Å². The molecule has 0 saturated carbocycles. The number of carbonyl (C=O) groups is 1. The zero-order valence-electron chi connectivity index (χ0n) is 19.1. The number of halogens is 1. The highest BCUT2D eigenvalue weighted by Gasteiger charge is 2.25. The van der Waals surface area contributed by atoms with Gasteiger partial charge in [0.15, 0.2) is 17.3 Å². The van der Waals surface area contributed by atoms with Crippen molar-refractivity contribution < 1.29 is 19.0 Å². The van der Waals surface area contributed by atoms with Crippen LogP contribution in [0, 0.1) is 0 Å². The van der Waals surface area contributed by atoms with E-state index in [-0.39, 0.29) is 5.78 Å². The smallest absolute Gasteiger partial charge is 0.203 e. The minimum Gasteiger partial charge on any atom is -0.493 e. The second-order valence-corrected chi connectivity index (χ2v) is 9.05. The van der Waals surface area contributed by atoms with Crippen molar-refractivity contribution in [3.63, 3.8) is 0 Å². The van der Waals surface area contributed by atoms with Crippen molar-refractivity contribution in [2.45, 2.75) is 6.42 Å². The molecule has 0 aliphatic heterocycles. The van der Waals surface area contributed by atoms with Crippen molar-refractivity contribution in [2.75, 3.05) is 27.1 Å². The van der Waals surface area contributed by atoms with Crippen LogP contribution in [0.5, 0.6) is 17.2 Å². The van der Waals surface area contributed by atoms with Crippen LogP contribution in [0.15, 0.2) is 66.7 Å². The molecule has 2 N–H and O–H groups in total. The Kier molecular flexibility index (Phi) is 7.10. The molecule has 34 heavy (non-hydrogen) atoms. The molecule has 0 bridgehead atoms. The zero-order chi connectivity index (χ0) is 24.2. The van der Waals surface area contributed by atoms with Gasteiger partial charge in [0.2, 0.25) is 5.75 Å². The number of ketones is 1. The molecule has 0 atom stereocenters. The zero-order valence-corrected chi connectivity index (χ0v) is 20.6. The number of ether oxygens (including phenoxy) is 3. The van der Waals surface area contributed by atoms with E-state index in [0.717, 1.165) is 21.6 Å². The molecule has 1 heterocycles. The number of nitrogen functional groups attached to an aromatic ring is 1. The lowest BCUT2D eigenvalue weighted by Crippen LogP contribution is -2.07. The molecule has 3 aromatic carbocycles. The maximum absolute atomic E-state index is 13.6. The Bertz CT molecular complexity index is 1290. The lowest BCUT2D eigenvalue weighted by molar-refractivity contribution is 0.103. The largest absolute Gasteiger partial charge is 0.493 e. The molecule has 0 unspecified atom stereocenters. The number of hydrogen-bond donors (Lipinski definition) is 1. The van der Waals surface area contributed by atoms with Gasteiger partial charge in [-0.15, -0.1) is 11.3 Å². The average molecular weight is 494 g/mol. The molecule has 0 radical (unpaired) electrons. The molecule has 0 amide bonds. The molecular weight excluding hydrogens is 470 g/mol. The first-order valence-corrected chi connectivity index (χ1v) is 11.7. The summed E-state index contributed by atoms with van der Waals surface area (Å²) in [5.74, 6) is 1.47. The van der Waals surface area contributed by atoms with Gasteiger partial charge >= 0.3 is 0 Å². The van der Waals surface area contributed by atoms with Crippen LogP contribution in [-0.2, 0) is 6.42 Å². The molecule has 5 nitrogen and oxygen atoms in total. The quantitative estimate of drug-likeness (QED) is 0.284. The highest BCUT2D eigenvalue weighted by atomic mass is 35.5. The number of benzene rings is 3. The first-order valence-electron chi connectivity index (χ1n) is 10.5. The molecule has 0 spiro atoms. The lowest BCUT2D eigenvalue weighted by atomic mass is 9.93. The van der Waals surface area contributed by atoms with E-state index in [9.17, 15) is 4.79 Å². The van der Waals surface area contributed by atoms with Gasteiger partial charge in [0.05, 0.1) is 31.9 Å². The van der Waals surface area contributed by atoms with Crippen LogP contribution in [0.1, 0.15) is 27.0 Å². The Morgan fingerprint density at radius 3 is 2.09 bits per heavy atom. The van der Waals surface area contributed by atoms with Gasteiger partial charge in [0.1, 0.15) is 0 Å². The van der Waals surface area contributed by atoms with Crippen molar-refractivity contribution in [1.82, 2.24) is 0 Å². The van der Waals surface area contributed by atoms with Crippen molar-refractivity contribution in [1.29, 1.82) is 0 Å². The van der Waals surface area contributed by atoms with E-state index in [2.05, 4.69) is 0 Å². The van der Waals surface area contributed by atoms with E-state index < -0.39 is 0 Å². The SMILES string of the molecule is COc1cc(Cc2c(-c3ccccc3)sc(N)c2C(=O)c2ccc(Cl)cc2)cc(OC)c1OC. The van der Waals surface area contributed by atoms with Crippen LogP contribution in [0.2, 0.25) is 5.02 Å². The lowest BCUT2D eigenvalue weighted by Gasteiger charge is -2.15. The second kappa shape index (κ2) is 10.2. The summed E-state index contributed by atoms with van der Waals surface area (Å²) in [7, 11) is 4.72. The van der Waals surface area contributed by atoms with Crippen LogP contribution in [-0.4, -0.2) is 27.1 Å². The number of nitrogens with two attached hydrogens (primary N) is 1. The topological polar surface area (TPSA) is 70.8 Å². The van der Waals surface area contributed by atoms with Gasteiger partial charge in [-0.25, -0.2) is 0 Å². The number of hydrogen-bond acceptors (Lipinski definition) is 6. The van der Waals surface area contributed by atoms with Gasteiger partial charge in [-0.1, -0.05) is 41.9 Å². The Balaban J connectivity index is 1.88. The molecule has 0 aliphatic rings. The van der Waals surface area contributed by atoms with Gasteiger partial charge in [-0.05, 0) is 59.5 Å². The standard InChI is InChI=1S/C27H24ClNO4S/c1-31-21-14-16(15-22(32-2)25(21)33-3)13-20-23(24(30)17-9-11-19(28)12-10-17)27(29)34-26(20)18-7-5-4-6-8-18/h4-12,14-15H,13,29H2,1-3H3. The Hall–Kier alpha value is -3.48. The van der Waals surface area contributed by atoms with Gasteiger partial charge in [-0.2, -0.15) is 0 Å². The molecule has 0 fully saturated rings. The minimum absolute atomic E-state index is 0.143. The fourth-order valence-corrected chi connectivity index (χ4v) is 5.13.